The number of carbonyl (C=O) groups excluding carboxylic acids is 2. The number of hydrogen-bond donors (Lipinski definition) is 0. The van der Waals surface area contributed by atoms with Crippen molar-refractivity contribution >= 4 is 11.9 Å². The summed E-state index contributed by atoms with van der Waals surface area (Å²) in [5.41, 5.74) is 2.46. The minimum atomic E-state index is -0.934. The van der Waals surface area contributed by atoms with Crippen molar-refractivity contribution in [3.8, 4) is 6.07 Å². The molecule has 0 saturated carbocycles. The lowest BCUT2D eigenvalue weighted by atomic mass is 9.99. The van der Waals surface area contributed by atoms with Gasteiger partial charge in [0.1, 0.15) is 6.61 Å². The Morgan fingerprint density at radius 3 is 2.91 bits per heavy atom. The van der Waals surface area contributed by atoms with Crippen LogP contribution < -0.4 is 0 Å². The van der Waals surface area contributed by atoms with Crippen molar-refractivity contribution in [1.82, 2.24) is 0 Å². The Morgan fingerprint density at radius 1 is 1.26 bits per heavy atom. The van der Waals surface area contributed by atoms with E-state index in [4.69, 9.17) is 14.7 Å². The lowest BCUT2D eigenvalue weighted by Crippen LogP contribution is -2.35. The molecule has 0 fully saturated rings. The molecule has 1 atom stereocenters. The fourth-order valence-corrected chi connectivity index (χ4v) is 2.44. The summed E-state index contributed by atoms with van der Waals surface area (Å²) in [6, 6.07) is 15.9. The molecule has 1 heterocycles. The van der Waals surface area contributed by atoms with Gasteiger partial charge in [0.2, 0.25) is 6.10 Å². The number of nitriles is 1. The molecule has 5 heteroatoms. The van der Waals surface area contributed by atoms with E-state index < -0.39 is 18.0 Å². The van der Waals surface area contributed by atoms with Crippen LogP contribution in [0.15, 0.2) is 48.5 Å². The van der Waals surface area contributed by atoms with Crippen molar-refractivity contribution in [2.45, 2.75) is 19.1 Å². The molecule has 0 amide bonds. The van der Waals surface area contributed by atoms with Gasteiger partial charge in [-0.2, -0.15) is 5.26 Å². The van der Waals surface area contributed by atoms with E-state index in [1.165, 1.54) is 0 Å². The van der Waals surface area contributed by atoms with E-state index in [-0.39, 0.29) is 6.61 Å². The minimum absolute atomic E-state index is 0.0318. The van der Waals surface area contributed by atoms with E-state index in [0.717, 1.165) is 5.56 Å². The van der Waals surface area contributed by atoms with Crippen LogP contribution in [0.4, 0.5) is 0 Å². The average molecular weight is 307 g/mol. The number of cyclic esters (lactones) is 1. The van der Waals surface area contributed by atoms with Crippen molar-refractivity contribution in [2.24, 2.45) is 0 Å². The normalized spacial score (nSPS) is 16.0. The molecule has 23 heavy (non-hydrogen) atoms. The average Bonchev–Trinajstić information content (AvgIpc) is 2.60. The molecule has 0 aliphatic carbocycles. The lowest BCUT2D eigenvalue weighted by Gasteiger charge is -2.23. The quantitative estimate of drug-likeness (QED) is 0.814. The van der Waals surface area contributed by atoms with Gasteiger partial charge in [0.25, 0.3) is 0 Å². The maximum Gasteiger partial charge on any atom is 0.348 e. The van der Waals surface area contributed by atoms with Gasteiger partial charge in [0.05, 0.1) is 17.2 Å². The molecule has 0 saturated heterocycles. The second-order valence-electron chi connectivity index (χ2n) is 5.18. The number of benzene rings is 2. The van der Waals surface area contributed by atoms with E-state index >= 15 is 0 Å². The lowest BCUT2D eigenvalue weighted by molar-refractivity contribution is -0.155. The summed E-state index contributed by atoms with van der Waals surface area (Å²) in [6.07, 6.45) is -0.629. The van der Waals surface area contributed by atoms with Gasteiger partial charge < -0.3 is 9.47 Å². The highest BCUT2D eigenvalue weighted by Gasteiger charge is 2.32. The Bertz CT molecular complexity index is 807. The van der Waals surface area contributed by atoms with Crippen molar-refractivity contribution in [3.63, 3.8) is 0 Å². The predicted molar refractivity (Wildman–Crippen MR) is 80.3 cm³/mol. The zero-order chi connectivity index (χ0) is 16.2. The fraction of sp³-hybridized carbons (Fsp3) is 0.167. The second kappa shape index (κ2) is 6.32. The van der Waals surface area contributed by atoms with Crippen molar-refractivity contribution in [1.29, 1.82) is 5.26 Å². The van der Waals surface area contributed by atoms with E-state index in [1.54, 1.807) is 42.5 Å². The molecule has 0 aromatic heterocycles. The first kappa shape index (κ1) is 14.8. The molecule has 1 aliphatic heterocycles. The molecule has 0 unspecified atom stereocenters. The zero-order valence-corrected chi connectivity index (χ0v) is 12.2. The van der Waals surface area contributed by atoms with Crippen molar-refractivity contribution in [3.05, 3.63) is 70.8 Å². The molecule has 0 bridgehead atoms. The largest absolute Gasteiger partial charge is 0.458 e. The third kappa shape index (κ3) is 3.22. The summed E-state index contributed by atoms with van der Waals surface area (Å²) >= 11 is 0. The van der Waals surface area contributed by atoms with E-state index in [0.29, 0.717) is 23.1 Å². The number of esters is 2. The molecule has 0 spiro atoms. The molecule has 0 radical (unpaired) electrons. The van der Waals surface area contributed by atoms with Gasteiger partial charge in [-0.1, -0.05) is 30.3 Å². The van der Waals surface area contributed by atoms with Crippen molar-refractivity contribution < 1.29 is 19.1 Å². The van der Waals surface area contributed by atoms with E-state index in [1.807, 2.05) is 12.1 Å². The van der Waals surface area contributed by atoms with Gasteiger partial charge in [-0.3, -0.25) is 0 Å². The number of carbonyl (C=O) groups is 2. The van der Waals surface area contributed by atoms with Crippen LogP contribution in [0.1, 0.15) is 27.0 Å². The number of ether oxygens (including phenoxy) is 2. The summed E-state index contributed by atoms with van der Waals surface area (Å²) in [5, 5.41) is 8.85. The summed E-state index contributed by atoms with van der Waals surface area (Å²) in [5.74, 6) is -1.10. The van der Waals surface area contributed by atoms with Gasteiger partial charge in [0, 0.05) is 6.42 Å². The van der Waals surface area contributed by atoms with Gasteiger partial charge in [0.15, 0.2) is 0 Å². The summed E-state index contributed by atoms with van der Waals surface area (Å²) in [6.45, 7) is 0.0318. The number of nitrogens with zero attached hydrogens (tertiary/aromatic N) is 1. The zero-order valence-electron chi connectivity index (χ0n) is 12.2. The predicted octanol–water partition coefficient (Wildman–Crippen LogP) is 2.38. The molecule has 5 nitrogen and oxygen atoms in total. The molecule has 1 aliphatic rings. The Morgan fingerprint density at radius 2 is 2.09 bits per heavy atom. The standard InChI is InChI=1S/C18H13NO4/c19-10-12-4-3-5-13(8-12)11-22-18(21)16-9-14-6-1-2-7-15(14)17(20)23-16/h1-8,16H,9,11H2/t16-/m0/s1. The first-order valence-electron chi connectivity index (χ1n) is 7.12. The molecular weight excluding hydrogens is 294 g/mol. The van der Waals surface area contributed by atoms with E-state index in [2.05, 4.69) is 0 Å². The molecule has 114 valence electrons. The summed E-state index contributed by atoms with van der Waals surface area (Å²) < 4.78 is 10.3. The Hall–Kier alpha value is -3.13. The molecule has 3 rings (SSSR count). The second-order valence-corrected chi connectivity index (χ2v) is 5.18. The van der Waals surface area contributed by atoms with Crippen LogP contribution in [0.5, 0.6) is 0 Å². The number of hydrogen-bond acceptors (Lipinski definition) is 5. The topological polar surface area (TPSA) is 76.4 Å². The maximum absolute atomic E-state index is 12.1. The molecule has 2 aromatic rings. The monoisotopic (exact) mass is 307 g/mol. The van der Waals surface area contributed by atoms with Gasteiger partial charge in [-0.05, 0) is 29.3 Å². The Labute approximate surface area is 133 Å². The van der Waals surface area contributed by atoms with Crippen molar-refractivity contribution in [2.75, 3.05) is 0 Å². The number of fused-ring (bicyclic) bond motifs is 1. The van der Waals surface area contributed by atoms with Crippen LogP contribution in [0.2, 0.25) is 0 Å². The Balaban J connectivity index is 1.65. The molecule has 2 aromatic carbocycles. The van der Waals surface area contributed by atoms with Crippen LogP contribution in [0.3, 0.4) is 0 Å². The minimum Gasteiger partial charge on any atom is -0.458 e. The van der Waals surface area contributed by atoms with Crippen LogP contribution >= 0.6 is 0 Å². The molecule has 0 N–H and O–H groups in total. The first-order valence-corrected chi connectivity index (χ1v) is 7.12. The smallest absolute Gasteiger partial charge is 0.348 e. The van der Waals surface area contributed by atoms with Gasteiger partial charge in [-0.15, -0.1) is 0 Å². The number of rotatable bonds is 3. The van der Waals surface area contributed by atoms with Gasteiger partial charge in [-0.25, -0.2) is 9.59 Å². The van der Waals surface area contributed by atoms with Crippen LogP contribution in [0.25, 0.3) is 0 Å². The molecular formula is C18H13NO4. The summed E-state index contributed by atoms with van der Waals surface area (Å²) in [4.78, 5) is 24.0. The fourth-order valence-electron chi connectivity index (χ4n) is 2.44. The maximum atomic E-state index is 12.1. The van der Waals surface area contributed by atoms with Crippen LogP contribution in [-0.4, -0.2) is 18.0 Å². The first-order chi connectivity index (χ1) is 11.2. The van der Waals surface area contributed by atoms with Gasteiger partial charge >= 0.3 is 11.9 Å². The highest BCUT2D eigenvalue weighted by molar-refractivity contribution is 5.94. The van der Waals surface area contributed by atoms with Crippen LogP contribution in [-0.2, 0) is 27.3 Å². The summed E-state index contributed by atoms with van der Waals surface area (Å²) in [7, 11) is 0. The highest BCUT2D eigenvalue weighted by Crippen LogP contribution is 2.21. The van der Waals surface area contributed by atoms with Crippen LogP contribution in [0, 0.1) is 11.3 Å². The Kier molecular flexibility index (Phi) is 4.07. The highest BCUT2D eigenvalue weighted by atomic mass is 16.6. The van der Waals surface area contributed by atoms with E-state index in [9.17, 15) is 9.59 Å². The third-order valence-corrected chi connectivity index (χ3v) is 3.59. The third-order valence-electron chi connectivity index (χ3n) is 3.59. The SMILES string of the molecule is N#Cc1cccc(COC(=O)[C@@H]2Cc3ccccc3C(=O)O2)c1.